The molecule has 0 saturated carbocycles. The highest BCUT2D eigenvalue weighted by molar-refractivity contribution is 7.15. The van der Waals surface area contributed by atoms with Crippen molar-refractivity contribution in [3.63, 3.8) is 0 Å². The number of thiazole rings is 1. The van der Waals surface area contributed by atoms with E-state index in [1.54, 1.807) is 18.2 Å². The van der Waals surface area contributed by atoms with Gasteiger partial charge in [0.2, 0.25) is 5.91 Å². The fourth-order valence-corrected chi connectivity index (χ4v) is 3.62. The summed E-state index contributed by atoms with van der Waals surface area (Å²) in [7, 11) is 0. The molecule has 146 valence electrons. The molecule has 3 rings (SSSR count). The number of halogens is 2. The number of carbonyl (C=O) groups is 1. The predicted octanol–water partition coefficient (Wildman–Crippen LogP) is 2.96. The third-order valence-electron chi connectivity index (χ3n) is 3.99. The van der Waals surface area contributed by atoms with Crippen molar-refractivity contribution < 1.29 is 13.6 Å². The number of hydrogen-bond acceptors (Lipinski definition) is 7. The highest BCUT2D eigenvalue weighted by Gasteiger charge is 2.19. The molecular formula is C18H18F2N6OS. The van der Waals surface area contributed by atoms with E-state index in [1.165, 1.54) is 18.3 Å². The van der Waals surface area contributed by atoms with Crippen molar-refractivity contribution in [2.75, 3.05) is 11.2 Å². The van der Waals surface area contributed by atoms with Gasteiger partial charge < -0.3 is 16.5 Å². The number of nitrogen functional groups attached to an aromatic ring is 2. The molecule has 0 fully saturated rings. The molecule has 3 aromatic rings. The molecule has 7 nitrogen and oxygen atoms in total. The Bertz CT molecular complexity index is 1050. The van der Waals surface area contributed by atoms with Gasteiger partial charge in [0.15, 0.2) is 5.82 Å². The van der Waals surface area contributed by atoms with Gasteiger partial charge in [-0.05, 0) is 25.1 Å². The summed E-state index contributed by atoms with van der Waals surface area (Å²) in [5.41, 5.74) is 8.32. The fourth-order valence-electron chi connectivity index (χ4n) is 2.64. The van der Waals surface area contributed by atoms with E-state index in [0.717, 1.165) is 16.6 Å². The lowest BCUT2D eigenvalue weighted by Gasteiger charge is -2.12. The van der Waals surface area contributed by atoms with Crippen LogP contribution in [-0.2, 0) is 11.3 Å². The molecule has 28 heavy (non-hydrogen) atoms. The zero-order valence-electron chi connectivity index (χ0n) is 15.1. The Balaban J connectivity index is 2.03. The molecule has 0 aliphatic carbocycles. The van der Waals surface area contributed by atoms with Crippen molar-refractivity contribution in [1.82, 2.24) is 15.3 Å². The molecule has 0 unspecified atom stereocenters. The number of rotatable bonds is 5. The van der Waals surface area contributed by atoms with E-state index in [-0.39, 0.29) is 22.9 Å². The number of hydrogen-bond donors (Lipinski definition) is 4. The molecule has 1 aromatic carbocycles. The van der Waals surface area contributed by atoms with E-state index in [0.29, 0.717) is 17.2 Å². The van der Waals surface area contributed by atoms with Crippen LogP contribution in [0.4, 0.5) is 20.2 Å². The van der Waals surface area contributed by atoms with Crippen LogP contribution in [0.2, 0.25) is 0 Å². The largest absolute Gasteiger partial charge is 0.395 e. The molecule has 0 aliphatic heterocycles. The molecule has 2 heterocycles. The number of nitrogens with one attached hydrogen (secondary N) is 2. The Morgan fingerprint density at radius 2 is 1.96 bits per heavy atom. The van der Waals surface area contributed by atoms with Crippen LogP contribution in [0.25, 0.3) is 21.8 Å². The van der Waals surface area contributed by atoms with Crippen LogP contribution in [0.15, 0.2) is 24.3 Å². The summed E-state index contributed by atoms with van der Waals surface area (Å²) >= 11 is 1.37. The average Bonchev–Trinajstić information content (AvgIpc) is 3.04. The molecule has 0 atom stereocenters. The maximum atomic E-state index is 14.7. The summed E-state index contributed by atoms with van der Waals surface area (Å²) in [6.45, 7) is 3.55. The number of aromatic nitrogens is 2. The number of hydrazine groups is 1. The Hall–Kier alpha value is -3.11. The minimum atomic E-state index is -0.803. The van der Waals surface area contributed by atoms with Crippen molar-refractivity contribution in [1.29, 1.82) is 0 Å². The maximum absolute atomic E-state index is 14.7. The standard InChI is InChI=1S/C18H18F2N6OS/c1-8-18(28-14(24-8)7-23-9(2)27)13-5-3-4-12(25-13)10-6-11(19)16(21)17(26-22)15(10)20/h3-6,26H,7,21-22H2,1-2H3,(H,23,27). The number of nitrogens with two attached hydrogens (primary N) is 2. The molecule has 0 bridgehead atoms. The second-order valence-corrected chi connectivity index (χ2v) is 7.08. The smallest absolute Gasteiger partial charge is 0.217 e. The summed E-state index contributed by atoms with van der Waals surface area (Å²) in [5.74, 6) is 3.52. The summed E-state index contributed by atoms with van der Waals surface area (Å²) in [6, 6.07) is 5.99. The summed E-state index contributed by atoms with van der Waals surface area (Å²) in [4.78, 5) is 20.7. The van der Waals surface area contributed by atoms with Gasteiger partial charge in [0.1, 0.15) is 16.5 Å². The average molecular weight is 404 g/mol. The van der Waals surface area contributed by atoms with Gasteiger partial charge in [-0.25, -0.2) is 18.7 Å². The quantitative estimate of drug-likeness (QED) is 0.295. The Morgan fingerprint density at radius 3 is 2.64 bits per heavy atom. The zero-order valence-corrected chi connectivity index (χ0v) is 16.0. The minimum Gasteiger partial charge on any atom is -0.395 e. The normalized spacial score (nSPS) is 10.8. The lowest BCUT2D eigenvalue weighted by Crippen LogP contribution is -2.18. The van der Waals surface area contributed by atoms with Crippen molar-refractivity contribution in [3.8, 4) is 21.8 Å². The SMILES string of the molecule is CC(=O)NCc1nc(C)c(-c2cccc(-c3cc(F)c(N)c(NN)c3F)n2)s1. The molecule has 0 spiro atoms. The van der Waals surface area contributed by atoms with Crippen LogP contribution in [0, 0.1) is 18.6 Å². The van der Waals surface area contributed by atoms with E-state index >= 15 is 0 Å². The molecule has 2 aromatic heterocycles. The number of aryl methyl sites for hydroxylation is 1. The van der Waals surface area contributed by atoms with Gasteiger partial charge in [0.25, 0.3) is 0 Å². The van der Waals surface area contributed by atoms with Gasteiger partial charge in [0, 0.05) is 12.5 Å². The van der Waals surface area contributed by atoms with E-state index in [4.69, 9.17) is 11.6 Å². The predicted molar refractivity (Wildman–Crippen MR) is 105 cm³/mol. The molecule has 0 saturated heterocycles. The third kappa shape index (κ3) is 3.78. The van der Waals surface area contributed by atoms with Gasteiger partial charge in [-0.15, -0.1) is 11.3 Å². The number of pyridine rings is 1. The summed E-state index contributed by atoms with van der Waals surface area (Å²) in [5, 5.41) is 3.41. The molecule has 0 radical (unpaired) electrons. The Labute approximate surface area is 163 Å². The third-order valence-corrected chi connectivity index (χ3v) is 5.17. The van der Waals surface area contributed by atoms with E-state index < -0.39 is 17.3 Å². The van der Waals surface area contributed by atoms with Gasteiger partial charge in [-0.3, -0.25) is 10.6 Å². The fraction of sp³-hybridized carbons (Fsp3) is 0.167. The van der Waals surface area contributed by atoms with E-state index in [1.807, 2.05) is 6.92 Å². The monoisotopic (exact) mass is 404 g/mol. The lowest BCUT2D eigenvalue weighted by molar-refractivity contribution is -0.119. The van der Waals surface area contributed by atoms with Gasteiger partial charge in [-0.1, -0.05) is 6.07 Å². The highest BCUT2D eigenvalue weighted by Crippen LogP contribution is 2.35. The van der Waals surface area contributed by atoms with Crippen molar-refractivity contribution in [2.45, 2.75) is 20.4 Å². The molecule has 0 aliphatic rings. The summed E-state index contributed by atoms with van der Waals surface area (Å²) < 4.78 is 28.8. The first-order valence-corrected chi connectivity index (χ1v) is 9.06. The maximum Gasteiger partial charge on any atom is 0.217 e. The number of carbonyl (C=O) groups excluding carboxylic acids is 1. The molecule has 1 amide bonds. The zero-order chi connectivity index (χ0) is 20.4. The van der Waals surface area contributed by atoms with Gasteiger partial charge in [0.05, 0.1) is 34.2 Å². The van der Waals surface area contributed by atoms with Crippen LogP contribution in [0.5, 0.6) is 0 Å². The van der Waals surface area contributed by atoms with Gasteiger partial charge >= 0.3 is 0 Å². The number of benzene rings is 1. The van der Waals surface area contributed by atoms with Crippen molar-refractivity contribution in [3.05, 3.63) is 46.6 Å². The number of anilines is 2. The van der Waals surface area contributed by atoms with Gasteiger partial charge in [-0.2, -0.15) is 0 Å². The molecule has 6 N–H and O–H groups in total. The van der Waals surface area contributed by atoms with E-state index in [2.05, 4.69) is 20.7 Å². The number of amides is 1. The second kappa shape index (κ2) is 7.87. The summed E-state index contributed by atoms with van der Waals surface area (Å²) in [6.07, 6.45) is 0. The van der Waals surface area contributed by atoms with Crippen LogP contribution >= 0.6 is 11.3 Å². The first-order chi connectivity index (χ1) is 13.3. The van der Waals surface area contributed by atoms with Crippen molar-refractivity contribution in [2.24, 2.45) is 5.84 Å². The number of nitrogens with zero attached hydrogens (tertiary/aromatic N) is 2. The minimum absolute atomic E-state index is 0.0675. The van der Waals surface area contributed by atoms with Crippen LogP contribution in [0.1, 0.15) is 17.6 Å². The topological polar surface area (TPSA) is 119 Å². The lowest BCUT2D eigenvalue weighted by atomic mass is 10.1. The Kier molecular flexibility index (Phi) is 5.52. The molecule has 10 heteroatoms. The molecular weight excluding hydrogens is 386 g/mol. The van der Waals surface area contributed by atoms with E-state index in [9.17, 15) is 13.6 Å². The van der Waals surface area contributed by atoms with Crippen molar-refractivity contribution >= 4 is 28.6 Å². The van der Waals surface area contributed by atoms with Crippen LogP contribution < -0.4 is 22.3 Å². The highest BCUT2D eigenvalue weighted by atomic mass is 32.1. The first kappa shape index (κ1) is 19.6. The first-order valence-electron chi connectivity index (χ1n) is 8.24. The van der Waals surface area contributed by atoms with Crippen LogP contribution in [0.3, 0.4) is 0 Å². The second-order valence-electron chi connectivity index (χ2n) is 5.99. The van der Waals surface area contributed by atoms with Crippen LogP contribution in [-0.4, -0.2) is 15.9 Å². The Morgan fingerprint density at radius 1 is 1.25 bits per heavy atom.